The van der Waals surface area contributed by atoms with Crippen molar-refractivity contribution in [2.75, 3.05) is 12.4 Å². The maximum Gasteiger partial charge on any atom is 0.345 e. The third kappa shape index (κ3) is 1.38. The van der Waals surface area contributed by atoms with Crippen LogP contribution in [0.15, 0.2) is 11.0 Å². The van der Waals surface area contributed by atoms with E-state index in [9.17, 15) is 4.79 Å². The molecule has 4 heteroatoms. The van der Waals surface area contributed by atoms with Gasteiger partial charge in [-0.2, -0.15) is 4.98 Å². The first-order valence-electron chi connectivity index (χ1n) is 3.01. The van der Waals surface area contributed by atoms with E-state index in [0.717, 1.165) is 0 Å². The summed E-state index contributed by atoms with van der Waals surface area (Å²) >= 11 is 0. The molecule has 1 aromatic rings. The molecule has 0 fully saturated rings. The van der Waals surface area contributed by atoms with Crippen LogP contribution in [0, 0.1) is 12.3 Å². The zero-order chi connectivity index (χ0) is 8.27. The van der Waals surface area contributed by atoms with Crippen molar-refractivity contribution in [3.05, 3.63) is 22.4 Å². The lowest BCUT2D eigenvalue weighted by molar-refractivity contribution is 1.06. The summed E-state index contributed by atoms with van der Waals surface area (Å²) < 4.78 is 0. The molecule has 0 radical (unpaired) electrons. The van der Waals surface area contributed by atoms with Gasteiger partial charge < -0.3 is 5.32 Å². The molecule has 0 aliphatic rings. The van der Waals surface area contributed by atoms with Crippen LogP contribution in [0.2, 0.25) is 0 Å². The second kappa shape index (κ2) is 2.88. The van der Waals surface area contributed by atoms with E-state index in [-0.39, 0.29) is 0 Å². The lowest BCUT2D eigenvalue weighted by Gasteiger charge is -1.99. The van der Waals surface area contributed by atoms with Crippen LogP contribution in [-0.2, 0) is 0 Å². The van der Waals surface area contributed by atoms with Crippen LogP contribution in [0.4, 0.5) is 5.69 Å². The number of aromatic nitrogens is 2. The standard InChI is InChI=1S/C7H7N3O/c1-3-5-6(8-2)4-9-7(11)10-5/h1,4,8H,2H3,(H,9,10,11). The van der Waals surface area contributed by atoms with Gasteiger partial charge in [0.05, 0.1) is 11.9 Å². The third-order valence-electron chi connectivity index (χ3n) is 1.23. The van der Waals surface area contributed by atoms with Gasteiger partial charge in [0.2, 0.25) is 0 Å². The minimum Gasteiger partial charge on any atom is -0.385 e. The Hall–Kier alpha value is -1.76. The van der Waals surface area contributed by atoms with Crippen molar-refractivity contribution in [2.24, 2.45) is 0 Å². The number of rotatable bonds is 1. The van der Waals surface area contributed by atoms with Crippen molar-refractivity contribution in [1.29, 1.82) is 0 Å². The Bertz CT molecular complexity index is 347. The second-order valence-electron chi connectivity index (χ2n) is 1.87. The highest BCUT2D eigenvalue weighted by Crippen LogP contribution is 2.04. The van der Waals surface area contributed by atoms with E-state index < -0.39 is 5.69 Å². The van der Waals surface area contributed by atoms with Crippen molar-refractivity contribution in [3.8, 4) is 12.3 Å². The predicted molar refractivity (Wildman–Crippen MR) is 42.3 cm³/mol. The largest absolute Gasteiger partial charge is 0.385 e. The number of hydrogen-bond donors (Lipinski definition) is 2. The summed E-state index contributed by atoms with van der Waals surface area (Å²) in [5.41, 5.74) is 0.636. The first-order chi connectivity index (χ1) is 5.27. The lowest BCUT2D eigenvalue weighted by Crippen LogP contribution is -2.12. The van der Waals surface area contributed by atoms with Gasteiger partial charge in [0.15, 0.2) is 0 Å². The van der Waals surface area contributed by atoms with Crippen LogP contribution in [0.1, 0.15) is 5.69 Å². The molecule has 1 rings (SSSR count). The summed E-state index contributed by atoms with van der Waals surface area (Å²) in [6, 6.07) is 0. The fourth-order valence-electron chi connectivity index (χ4n) is 0.698. The SMILES string of the molecule is C#Cc1[nH]c(=O)ncc1NC. The predicted octanol–water partition coefficient (Wildman–Crippen LogP) is -0.207. The molecule has 0 bridgehead atoms. The van der Waals surface area contributed by atoms with E-state index in [4.69, 9.17) is 6.42 Å². The highest BCUT2D eigenvalue weighted by molar-refractivity contribution is 5.52. The normalized spacial score (nSPS) is 8.73. The second-order valence-corrected chi connectivity index (χ2v) is 1.87. The van der Waals surface area contributed by atoms with Gasteiger partial charge in [-0.1, -0.05) is 0 Å². The fourth-order valence-corrected chi connectivity index (χ4v) is 0.698. The Morgan fingerprint density at radius 2 is 2.55 bits per heavy atom. The van der Waals surface area contributed by atoms with E-state index in [1.807, 2.05) is 0 Å². The van der Waals surface area contributed by atoms with Crippen LogP contribution < -0.4 is 11.0 Å². The molecular formula is C7H7N3O. The van der Waals surface area contributed by atoms with Gasteiger partial charge in [0.1, 0.15) is 5.69 Å². The molecule has 0 saturated heterocycles. The first kappa shape index (κ1) is 7.35. The van der Waals surface area contributed by atoms with Crippen molar-refractivity contribution in [2.45, 2.75) is 0 Å². The van der Waals surface area contributed by atoms with Crippen molar-refractivity contribution in [3.63, 3.8) is 0 Å². The number of hydrogen-bond acceptors (Lipinski definition) is 3. The molecule has 0 aliphatic heterocycles. The molecule has 1 heterocycles. The minimum absolute atomic E-state index is 0.424. The van der Waals surface area contributed by atoms with Crippen LogP contribution in [0.5, 0.6) is 0 Å². The molecule has 2 N–H and O–H groups in total. The summed E-state index contributed by atoms with van der Waals surface area (Å²) in [6.07, 6.45) is 6.50. The minimum atomic E-state index is -0.433. The quantitative estimate of drug-likeness (QED) is 0.543. The molecular weight excluding hydrogens is 142 g/mol. The molecule has 0 saturated carbocycles. The van der Waals surface area contributed by atoms with E-state index in [0.29, 0.717) is 11.4 Å². The van der Waals surface area contributed by atoms with E-state index in [1.165, 1.54) is 6.20 Å². The number of H-pyrrole nitrogens is 1. The maximum absolute atomic E-state index is 10.6. The molecule has 4 nitrogen and oxygen atoms in total. The Kier molecular flexibility index (Phi) is 1.93. The summed E-state index contributed by atoms with van der Waals surface area (Å²) in [7, 11) is 1.70. The molecule has 0 aromatic carbocycles. The van der Waals surface area contributed by atoms with Crippen LogP contribution in [-0.4, -0.2) is 17.0 Å². The first-order valence-corrected chi connectivity index (χ1v) is 3.01. The zero-order valence-electron chi connectivity index (χ0n) is 6.01. The van der Waals surface area contributed by atoms with Gasteiger partial charge >= 0.3 is 5.69 Å². The highest BCUT2D eigenvalue weighted by atomic mass is 16.1. The fraction of sp³-hybridized carbons (Fsp3) is 0.143. The van der Waals surface area contributed by atoms with Gasteiger partial charge in [0, 0.05) is 7.05 Å². The van der Waals surface area contributed by atoms with Crippen molar-refractivity contribution in [1.82, 2.24) is 9.97 Å². The molecule has 0 atom stereocenters. The molecule has 0 amide bonds. The molecule has 11 heavy (non-hydrogen) atoms. The monoisotopic (exact) mass is 149 g/mol. The molecule has 0 unspecified atom stereocenters. The highest BCUT2D eigenvalue weighted by Gasteiger charge is 1.97. The number of aromatic amines is 1. The Balaban J connectivity index is 3.30. The van der Waals surface area contributed by atoms with Gasteiger partial charge in [0.25, 0.3) is 0 Å². The summed E-state index contributed by atoms with van der Waals surface area (Å²) in [5.74, 6) is 2.33. The lowest BCUT2D eigenvalue weighted by atomic mass is 10.3. The average molecular weight is 149 g/mol. The number of terminal acetylenes is 1. The molecule has 0 aliphatic carbocycles. The van der Waals surface area contributed by atoms with Crippen molar-refractivity contribution < 1.29 is 0 Å². The zero-order valence-corrected chi connectivity index (χ0v) is 6.01. The summed E-state index contributed by atoms with van der Waals surface area (Å²) in [6.45, 7) is 0. The Labute approximate surface area is 63.7 Å². The summed E-state index contributed by atoms with van der Waals surface area (Å²) in [4.78, 5) is 16.5. The maximum atomic E-state index is 10.6. The van der Waals surface area contributed by atoms with E-state index >= 15 is 0 Å². The van der Waals surface area contributed by atoms with Crippen LogP contribution in [0.3, 0.4) is 0 Å². The third-order valence-corrected chi connectivity index (χ3v) is 1.23. The van der Waals surface area contributed by atoms with Crippen molar-refractivity contribution >= 4 is 5.69 Å². The summed E-state index contributed by atoms with van der Waals surface area (Å²) in [5, 5.41) is 2.80. The smallest absolute Gasteiger partial charge is 0.345 e. The van der Waals surface area contributed by atoms with Gasteiger partial charge in [-0.25, -0.2) is 4.79 Å². The number of nitrogens with one attached hydrogen (secondary N) is 2. The molecule has 1 aromatic heterocycles. The van der Waals surface area contributed by atoms with E-state index in [2.05, 4.69) is 21.2 Å². The number of anilines is 1. The molecule has 0 spiro atoms. The van der Waals surface area contributed by atoms with E-state index in [1.54, 1.807) is 7.05 Å². The average Bonchev–Trinajstić information content (AvgIpc) is 2.04. The van der Waals surface area contributed by atoms with Gasteiger partial charge in [-0.05, 0) is 5.92 Å². The van der Waals surface area contributed by atoms with Crippen LogP contribution in [0.25, 0.3) is 0 Å². The number of nitrogens with zero attached hydrogens (tertiary/aromatic N) is 1. The van der Waals surface area contributed by atoms with Gasteiger partial charge in [-0.3, -0.25) is 4.98 Å². The topological polar surface area (TPSA) is 57.8 Å². The Morgan fingerprint density at radius 3 is 3.09 bits per heavy atom. The van der Waals surface area contributed by atoms with Gasteiger partial charge in [-0.15, -0.1) is 6.42 Å². The Morgan fingerprint density at radius 1 is 1.82 bits per heavy atom. The van der Waals surface area contributed by atoms with Crippen LogP contribution >= 0.6 is 0 Å². The molecule has 56 valence electrons.